The molecular weight excluding hydrogens is 302 g/mol. The monoisotopic (exact) mass is 325 g/mol. The van der Waals surface area contributed by atoms with Crippen molar-refractivity contribution in [2.45, 2.75) is 45.6 Å². The summed E-state index contributed by atoms with van der Waals surface area (Å²) in [7, 11) is 0. The van der Waals surface area contributed by atoms with Crippen molar-refractivity contribution in [2.24, 2.45) is 5.73 Å². The molecule has 1 aromatic heterocycles. The normalized spacial score (nSPS) is 13.5. The van der Waals surface area contributed by atoms with Gasteiger partial charge >= 0.3 is 0 Å². The summed E-state index contributed by atoms with van der Waals surface area (Å²) in [6.07, 6.45) is 2.10. The Labute approximate surface area is 137 Å². The highest BCUT2D eigenvalue weighted by atomic mass is 35.5. The number of fused-ring (bicyclic) bond motifs is 1. The van der Waals surface area contributed by atoms with Gasteiger partial charge in [0, 0.05) is 13.0 Å². The van der Waals surface area contributed by atoms with Crippen LogP contribution in [0, 0.1) is 6.92 Å². The molecule has 0 aliphatic rings. The zero-order valence-electron chi connectivity index (χ0n) is 13.3. The summed E-state index contributed by atoms with van der Waals surface area (Å²) < 4.78 is 5.67. The third-order valence-corrected chi connectivity index (χ3v) is 3.58. The van der Waals surface area contributed by atoms with Gasteiger partial charge in [0.25, 0.3) is 0 Å². The zero-order valence-corrected chi connectivity index (χ0v) is 14.1. The molecule has 0 aliphatic carbocycles. The van der Waals surface area contributed by atoms with Crippen molar-refractivity contribution < 1.29 is 9.21 Å². The third-order valence-electron chi connectivity index (χ3n) is 3.58. The van der Waals surface area contributed by atoms with Crippen molar-refractivity contribution in [1.82, 2.24) is 10.3 Å². The number of aromatic nitrogens is 1. The molecule has 1 unspecified atom stereocenters. The second kappa shape index (κ2) is 7.61. The highest BCUT2D eigenvalue weighted by molar-refractivity contribution is 5.85. The van der Waals surface area contributed by atoms with Crippen molar-refractivity contribution in [2.75, 3.05) is 6.54 Å². The van der Waals surface area contributed by atoms with Crippen LogP contribution in [0.3, 0.4) is 0 Å². The van der Waals surface area contributed by atoms with E-state index in [1.807, 2.05) is 32.0 Å². The molecule has 0 saturated heterocycles. The first-order chi connectivity index (χ1) is 9.94. The predicted octanol–water partition coefficient (Wildman–Crippen LogP) is 2.73. The Hall–Kier alpha value is -1.59. The molecule has 0 radical (unpaired) electrons. The Bertz CT molecular complexity index is 637. The number of amides is 1. The minimum Gasteiger partial charge on any atom is -0.441 e. The molecule has 1 heterocycles. The molecule has 1 atom stereocenters. The van der Waals surface area contributed by atoms with Crippen LogP contribution in [-0.4, -0.2) is 23.0 Å². The Kier molecular flexibility index (Phi) is 6.38. The van der Waals surface area contributed by atoms with E-state index in [1.165, 1.54) is 0 Å². The van der Waals surface area contributed by atoms with Crippen LogP contribution < -0.4 is 11.1 Å². The molecule has 2 aromatic rings. The van der Waals surface area contributed by atoms with E-state index in [1.54, 1.807) is 6.92 Å². The summed E-state index contributed by atoms with van der Waals surface area (Å²) in [6, 6.07) is 5.84. The molecule has 0 bridgehead atoms. The first-order valence-corrected chi connectivity index (χ1v) is 7.36. The van der Waals surface area contributed by atoms with Crippen LogP contribution in [0.4, 0.5) is 0 Å². The number of hydrogen-bond acceptors (Lipinski definition) is 4. The summed E-state index contributed by atoms with van der Waals surface area (Å²) >= 11 is 0. The van der Waals surface area contributed by atoms with Crippen LogP contribution in [0.15, 0.2) is 22.6 Å². The maximum absolute atomic E-state index is 12.0. The van der Waals surface area contributed by atoms with Crippen molar-refractivity contribution >= 4 is 29.4 Å². The molecule has 122 valence electrons. The van der Waals surface area contributed by atoms with E-state index in [4.69, 9.17) is 10.2 Å². The quantitative estimate of drug-likeness (QED) is 0.855. The van der Waals surface area contributed by atoms with Gasteiger partial charge in [-0.05, 0) is 31.9 Å². The number of rotatable bonds is 6. The van der Waals surface area contributed by atoms with Crippen molar-refractivity contribution in [3.05, 3.63) is 29.7 Å². The average Bonchev–Trinajstić information content (AvgIpc) is 2.83. The number of carbonyl (C=O) groups excluding carboxylic acids is 1. The predicted molar refractivity (Wildman–Crippen MR) is 90.2 cm³/mol. The van der Waals surface area contributed by atoms with Crippen LogP contribution >= 0.6 is 12.4 Å². The SMILES string of the molecule is CCCC(C)(N)C(=O)NCCc1nc2c(C)cccc2o1.Cl. The van der Waals surface area contributed by atoms with E-state index in [9.17, 15) is 4.79 Å². The Morgan fingerprint density at radius 1 is 1.45 bits per heavy atom. The number of nitrogens with zero attached hydrogens (tertiary/aromatic N) is 1. The van der Waals surface area contributed by atoms with Gasteiger partial charge in [-0.25, -0.2) is 4.98 Å². The molecular formula is C16H24ClN3O2. The van der Waals surface area contributed by atoms with Gasteiger partial charge in [0.2, 0.25) is 5.91 Å². The summed E-state index contributed by atoms with van der Waals surface area (Å²) in [6.45, 7) is 6.25. The van der Waals surface area contributed by atoms with Crippen molar-refractivity contribution in [1.29, 1.82) is 0 Å². The lowest BCUT2D eigenvalue weighted by Gasteiger charge is -2.22. The molecule has 1 aromatic carbocycles. The van der Waals surface area contributed by atoms with Crippen LogP contribution in [-0.2, 0) is 11.2 Å². The number of carbonyl (C=O) groups is 1. The maximum Gasteiger partial charge on any atom is 0.239 e. The van der Waals surface area contributed by atoms with Gasteiger partial charge in [0.15, 0.2) is 11.5 Å². The van der Waals surface area contributed by atoms with Gasteiger partial charge in [-0.3, -0.25) is 4.79 Å². The Morgan fingerprint density at radius 2 is 2.18 bits per heavy atom. The number of oxazole rings is 1. The fourth-order valence-electron chi connectivity index (χ4n) is 2.36. The number of nitrogens with one attached hydrogen (secondary N) is 1. The second-order valence-corrected chi connectivity index (χ2v) is 5.70. The highest BCUT2D eigenvalue weighted by Gasteiger charge is 2.26. The number of hydrogen-bond donors (Lipinski definition) is 2. The molecule has 6 heteroatoms. The first-order valence-electron chi connectivity index (χ1n) is 7.36. The van der Waals surface area contributed by atoms with Crippen molar-refractivity contribution in [3.8, 4) is 0 Å². The molecule has 2 rings (SSSR count). The standard InChI is InChI=1S/C16H23N3O2.ClH/c1-4-9-16(3,17)15(20)18-10-8-13-19-14-11(2)6-5-7-12(14)21-13;/h5-7H,4,8-10,17H2,1-3H3,(H,18,20);1H. The molecule has 1 amide bonds. The second-order valence-electron chi connectivity index (χ2n) is 5.70. The van der Waals surface area contributed by atoms with Crippen LogP contribution in [0.5, 0.6) is 0 Å². The van der Waals surface area contributed by atoms with Gasteiger partial charge < -0.3 is 15.5 Å². The fourth-order valence-corrected chi connectivity index (χ4v) is 2.36. The number of halogens is 1. The fraction of sp³-hybridized carbons (Fsp3) is 0.500. The van der Waals surface area contributed by atoms with E-state index < -0.39 is 5.54 Å². The highest BCUT2D eigenvalue weighted by Crippen LogP contribution is 2.18. The molecule has 3 N–H and O–H groups in total. The third kappa shape index (κ3) is 4.21. The molecule has 22 heavy (non-hydrogen) atoms. The topological polar surface area (TPSA) is 81.2 Å². The largest absolute Gasteiger partial charge is 0.441 e. The van der Waals surface area contributed by atoms with E-state index in [0.717, 1.165) is 23.1 Å². The zero-order chi connectivity index (χ0) is 15.5. The van der Waals surface area contributed by atoms with Gasteiger partial charge in [-0.2, -0.15) is 0 Å². The average molecular weight is 326 g/mol. The first kappa shape index (κ1) is 18.5. The Balaban J connectivity index is 0.00000242. The summed E-state index contributed by atoms with van der Waals surface area (Å²) in [4.78, 5) is 16.4. The maximum atomic E-state index is 12.0. The number of benzene rings is 1. The lowest BCUT2D eigenvalue weighted by Crippen LogP contribution is -2.51. The molecule has 0 spiro atoms. The van der Waals surface area contributed by atoms with Gasteiger partial charge in [-0.15, -0.1) is 12.4 Å². The van der Waals surface area contributed by atoms with Crippen LogP contribution in [0.2, 0.25) is 0 Å². The Morgan fingerprint density at radius 3 is 2.82 bits per heavy atom. The lowest BCUT2D eigenvalue weighted by atomic mass is 9.96. The van der Waals surface area contributed by atoms with Gasteiger partial charge in [0.1, 0.15) is 5.52 Å². The summed E-state index contributed by atoms with van der Waals surface area (Å²) in [5, 5.41) is 2.85. The summed E-state index contributed by atoms with van der Waals surface area (Å²) in [5.41, 5.74) is 7.92. The minimum atomic E-state index is -0.813. The summed E-state index contributed by atoms with van der Waals surface area (Å²) in [5.74, 6) is 0.505. The number of nitrogens with two attached hydrogens (primary N) is 1. The van der Waals surface area contributed by atoms with E-state index in [0.29, 0.717) is 25.3 Å². The van der Waals surface area contributed by atoms with E-state index in [-0.39, 0.29) is 18.3 Å². The molecule has 0 saturated carbocycles. The van der Waals surface area contributed by atoms with E-state index >= 15 is 0 Å². The molecule has 0 fully saturated rings. The molecule has 5 nitrogen and oxygen atoms in total. The van der Waals surface area contributed by atoms with E-state index in [2.05, 4.69) is 10.3 Å². The van der Waals surface area contributed by atoms with Crippen LogP contribution in [0.25, 0.3) is 11.1 Å². The minimum absolute atomic E-state index is 0. The number of aryl methyl sites for hydroxylation is 1. The van der Waals surface area contributed by atoms with Crippen molar-refractivity contribution in [3.63, 3.8) is 0 Å². The van der Waals surface area contributed by atoms with Gasteiger partial charge in [0.05, 0.1) is 5.54 Å². The lowest BCUT2D eigenvalue weighted by molar-refractivity contribution is -0.126. The van der Waals surface area contributed by atoms with Crippen LogP contribution in [0.1, 0.15) is 38.1 Å². The molecule has 0 aliphatic heterocycles. The smallest absolute Gasteiger partial charge is 0.239 e. The van der Waals surface area contributed by atoms with Gasteiger partial charge in [-0.1, -0.05) is 25.5 Å². The number of para-hydroxylation sites is 1.